The van der Waals surface area contributed by atoms with Crippen molar-refractivity contribution >= 4 is 28.2 Å². The van der Waals surface area contributed by atoms with Crippen molar-refractivity contribution < 1.29 is 17.9 Å². The normalized spacial score (nSPS) is 12.8. The Kier molecular flexibility index (Phi) is 7.20. The van der Waals surface area contributed by atoms with Crippen LogP contribution < -0.4 is 5.73 Å². The van der Waals surface area contributed by atoms with Crippen molar-refractivity contribution in [3.8, 4) is 0 Å². The number of methoxy groups -OCH3 is 1. The molecule has 80 valence electrons. The lowest BCUT2D eigenvalue weighted by atomic mass is 10.2. The quantitative estimate of drug-likeness (QED) is 0.650. The maximum Gasteiger partial charge on any atom is 0.322 e. The summed E-state index contributed by atoms with van der Waals surface area (Å²) in [7, 11) is -1.84. The number of carbonyl (C=O) groups excluding carboxylic acids is 1. The molecule has 0 aliphatic rings. The molecule has 0 aliphatic carbocycles. The van der Waals surface area contributed by atoms with Crippen LogP contribution in [0.3, 0.4) is 0 Å². The van der Waals surface area contributed by atoms with Crippen LogP contribution >= 0.6 is 12.4 Å². The zero-order chi connectivity index (χ0) is 9.78. The molecule has 0 aromatic heterocycles. The van der Waals surface area contributed by atoms with E-state index < -0.39 is 21.8 Å². The molecule has 5 nitrogen and oxygen atoms in total. The molecule has 2 N–H and O–H groups in total. The molecule has 13 heavy (non-hydrogen) atoms. The van der Waals surface area contributed by atoms with Crippen LogP contribution in [0, 0.1) is 0 Å². The number of esters is 1. The number of hydrogen-bond acceptors (Lipinski definition) is 5. The topological polar surface area (TPSA) is 86.5 Å². The molecule has 7 heteroatoms. The van der Waals surface area contributed by atoms with Gasteiger partial charge in [-0.3, -0.25) is 4.79 Å². The van der Waals surface area contributed by atoms with Gasteiger partial charge < -0.3 is 10.5 Å². The molecule has 0 aliphatic heterocycles. The van der Waals surface area contributed by atoms with Gasteiger partial charge in [-0.25, -0.2) is 8.42 Å². The summed E-state index contributed by atoms with van der Waals surface area (Å²) in [6.07, 6.45) is 1.20. The van der Waals surface area contributed by atoms with Gasteiger partial charge in [0, 0.05) is 6.26 Å². The largest absolute Gasteiger partial charge is 0.468 e. The molecule has 0 spiro atoms. The van der Waals surface area contributed by atoms with E-state index in [1.54, 1.807) is 0 Å². The first kappa shape index (κ1) is 15.2. The van der Waals surface area contributed by atoms with Gasteiger partial charge in [0.25, 0.3) is 0 Å². The molecule has 0 rings (SSSR count). The van der Waals surface area contributed by atoms with Crippen molar-refractivity contribution in [2.45, 2.75) is 12.5 Å². The number of carbonyl (C=O) groups is 1. The van der Waals surface area contributed by atoms with Crippen LogP contribution in [-0.2, 0) is 19.4 Å². The Morgan fingerprint density at radius 1 is 1.54 bits per heavy atom. The van der Waals surface area contributed by atoms with Crippen LogP contribution in [0.1, 0.15) is 6.42 Å². The first-order valence-corrected chi connectivity index (χ1v) is 5.44. The standard InChI is InChI=1S/C6H13NO4S.ClH/c1-11-6(8)5(7)3-4-12(2,9)10;/h5H,3-4,7H2,1-2H3;1H/t5-;/m0./s1. The minimum Gasteiger partial charge on any atom is -0.468 e. The molecule has 0 aromatic rings. The van der Waals surface area contributed by atoms with Gasteiger partial charge in [-0.05, 0) is 6.42 Å². The minimum absolute atomic E-state index is 0. The van der Waals surface area contributed by atoms with Crippen LogP contribution in [0.2, 0.25) is 0 Å². The molecule has 1 atom stereocenters. The van der Waals surface area contributed by atoms with Crippen LogP contribution in [-0.4, -0.2) is 39.5 Å². The second-order valence-electron chi connectivity index (χ2n) is 2.55. The van der Waals surface area contributed by atoms with Crippen molar-refractivity contribution in [1.29, 1.82) is 0 Å². The Balaban J connectivity index is 0. The molecule has 0 aromatic carbocycles. The molecule has 0 saturated heterocycles. The maximum atomic E-state index is 10.7. The van der Waals surface area contributed by atoms with Crippen molar-refractivity contribution in [3.63, 3.8) is 0 Å². The summed E-state index contributed by atoms with van der Waals surface area (Å²) >= 11 is 0. The van der Waals surface area contributed by atoms with Crippen LogP contribution in [0.15, 0.2) is 0 Å². The summed E-state index contributed by atoms with van der Waals surface area (Å²) in [5, 5.41) is 0. The van der Waals surface area contributed by atoms with E-state index in [1.807, 2.05) is 0 Å². The molecule has 0 heterocycles. The Morgan fingerprint density at radius 2 is 2.00 bits per heavy atom. The number of rotatable bonds is 4. The molecule has 0 bridgehead atoms. The second-order valence-corrected chi connectivity index (χ2v) is 4.81. The highest BCUT2D eigenvalue weighted by molar-refractivity contribution is 7.90. The average molecular weight is 232 g/mol. The molecule has 0 unspecified atom stereocenters. The molecule has 0 radical (unpaired) electrons. The molecule has 0 amide bonds. The third-order valence-electron chi connectivity index (χ3n) is 1.30. The van der Waals surface area contributed by atoms with E-state index in [-0.39, 0.29) is 24.6 Å². The van der Waals surface area contributed by atoms with Crippen molar-refractivity contribution in [3.05, 3.63) is 0 Å². The minimum atomic E-state index is -3.05. The summed E-state index contributed by atoms with van der Waals surface area (Å²) in [5.74, 6) is -0.679. The fraction of sp³-hybridized carbons (Fsp3) is 0.833. The highest BCUT2D eigenvalue weighted by Gasteiger charge is 2.15. The SMILES string of the molecule is COC(=O)[C@@H](N)CCS(C)(=O)=O.Cl. The van der Waals surface area contributed by atoms with Crippen molar-refractivity contribution in [2.75, 3.05) is 19.1 Å². The highest BCUT2D eigenvalue weighted by Crippen LogP contribution is 1.95. The molecular formula is C6H14ClNO4S. The predicted molar refractivity (Wildman–Crippen MR) is 51.6 cm³/mol. The van der Waals surface area contributed by atoms with E-state index >= 15 is 0 Å². The summed E-state index contributed by atoms with van der Waals surface area (Å²) in [6.45, 7) is 0. The van der Waals surface area contributed by atoms with Crippen LogP contribution in [0.5, 0.6) is 0 Å². The van der Waals surface area contributed by atoms with Gasteiger partial charge in [-0.15, -0.1) is 12.4 Å². The van der Waals surface area contributed by atoms with Gasteiger partial charge in [0.2, 0.25) is 0 Å². The van der Waals surface area contributed by atoms with E-state index in [9.17, 15) is 13.2 Å². The molecule has 0 saturated carbocycles. The van der Waals surface area contributed by atoms with Gasteiger partial charge in [-0.1, -0.05) is 0 Å². The monoisotopic (exact) mass is 231 g/mol. The van der Waals surface area contributed by atoms with Gasteiger partial charge in [0.1, 0.15) is 15.9 Å². The van der Waals surface area contributed by atoms with E-state index in [4.69, 9.17) is 5.73 Å². The lowest BCUT2D eigenvalue weighted by Gasteiger charge is -2.07. The molecule has 0 fully saturated rings. The lowest BCUT2D eigenvalue weighted by Crippen LogP contribution is -2.33. The Labute approximate surface area is 84.0 Å². The van der Waals surface area contributed by atoms with Crippen LogP contribution in [0.25, 0.3) is 0 Å². The van der Waals surface area contributed by atoms with Gasteiger partial charge >= 0.3 is 5.97 Å². The summed E-state index contributed by atoms with van der Waals surface area (Å²) in [4.78, 5) is 10.7. The smallest absolute Gasteiger partial charge is 0.322 e. The number of ether oxygens (including phenoxy) is 1. The van der Waals surface area contributed by atoms with E-state index in [2.05, 4.69) is 4.74 Å². The van der Waals surface area contributed by atoms with E-state index in [0.29, 0.717) is 0 Å². The predicted octanol–water partition coefficient (Wildman–Crippen LogP) is -0.657. The molecular weight excluding hydrogens is 218 g/mol. The first-order valence-electron chi connectivity index (χ1n) is 3.38. The Hall–Kier alpha value is -0.330. The zero-order valence-electron chi connectivity index (χ0n) is 7.52. The van der Waals surface area contributed by atoms with Gasteiger partial charge in [0.15, 0.2) is 0 Å². The number of sulfone groups is 1. The van der Waals surface area contributed by atoms with Gasteiger partial charge in [0.05, 0.1) is 12.9 Å². The summed E-state index contributed by atoms with van der Waals surface area (Å²) < 4.78 is 25.6. The van der Waals surface area contributed by atoms with E-state index in [0.717, 1.165) is 6.26 Å². The van der Waals surface area contributed by atoms with Crippen LogP contribution in [0.4, 0.5) is 0 Å². The summed E-state index contributed by atoms with van der Waals surface area (Å²) in [5.41, 5.74) is 5.30. The third-order valence-corrected chi connectivity index (χ3v) is 2.28. The highest BCUT2D eigenvalue weighted by atomic mass is 35.5. The lowest BCUT2D eigenvalue weighted by molar-refractivity contribution is -0.142. The Morgan fingerprint density at radius 3 is 2.31 bits per heavy atom. The summed E-state index contributed by atoms with van der Waals surface area (Å²) in [6, 6.07) is -0.843. The fourth-order valence-corrected chi connectivity index (χ4v) is 1.29. The number of nitrogens with two attached hydrogens (primary N) is 1. The van der Waals surface area contributed by atoms with Crippen molar-refractivity contribution in [2.24, 2.45) is 5.73 Å². The van der Waals surface area contributed by atoms with Crippen molar-refractivity contribution in [1.82, 2.24) is 0 Å². The fourth-order valence-electron chi connectivity index (χ4n) is 0.610. The Bertz CT molecular complexity index is 251. The third kappa shape index (κ3) is 8.01. The average Bonchev–Trinajstić information content (AvgIpc) is 1.97. The number of hydrogen-bond donors (Lipinski definition) is 1. The first-order chi connectivity index (χ1) is 5.37. The maximum absolute atomic E-state index is 10.7. The zero-order valence-corrected chi connectivity index (χ0v) is 9.15. The van der Waals surface area contributed by atoms with E-state index in [1.165, 1.54) is 7.11 Å². The second kappa shape index (κ2) is 6.17. The number of halogens is 1. The van der Waals surface area contributed by atoms with Gasteiger partial charge in [-0.2, -0.15) is 0 Å².